The summed E-state index contributed by atoms with van der Waals surface area (Å²) in [4.78, 5) is 33.3. The van der Waals surface area contributed by atoms with Crippen molar-refractivity contribution < 1.29 is 22.7 Å². The molecular formula is C21H24F3N3O3. The molecule has 0 saturated carbocycles. The number of piperidine rings is 1. The van der Waals surface area contributed by atoms with Crippen LogP contribution in [-0.4, -0.2) is 46.6 Å². The highest BCUT2D eigenvalue weighted by Gasteiger charge is 2.33. The average Bonchev–Trinajstić information content (AvgIpc) is 2.73. The number of nitrogens with one attached hydrogen (secondary N) is 1. The average molecular weight is 423 g/mol. The quantitative estimate of drug-likeness (QED) is 0.819. The first kappa shape index (κ1) is 20.8. The van der Waals surface area contributed by atoms with Crippen LogP contribution in [0.2, 0.25) is 0 Å². The summed E-state index contributed by atoms with van der Waals surface area (Å²) in [6, 6.07) is 3.47. The van der Waals surface area contributed by atoms with Crippen LogP contribution in [-0.2, 0) is 15.7 Å². The summed E-state index contributed by atoms with van der Waals surface area (Å²) >= 11 is 0. The summed E-state index contributed by atoms with van der Waals surface area (Å²) in [7, 11) is 0. The van der Waals surface area contributed by atoms with Crippen LogP contribution in [0.5, 0.6) is 0 Å². The number of halogens is 3. The predicted octanol–water partition coefficient (Wildman–Crippen LogP) is 3.61. The molecular weight excluding hydrogens is 399 g/mol. The van der Waals surface area contributed by atoms with Gasteiger partial charge in [0.25, 0.3) is 5.56 Å². The Bertz CT molecular complexity index is 983. The number of aromatic nitrogens is 2. The van der Waals surface area contributed by atoms with E-state index < -0.39 is 17.4 Å². The molecule has 2 atom stereocenters. The number of hydrogen-bond donors (Lipinski definition) is 1. The number of ether oxygens (including phenoxy) is 1. The normalized spacial score (nSPS) is 23.0. The molecule has 0 spiro atoms. The molecule has 30 heavy (non-hydrogen) atoms. The lowest BCUT2D eigenvalue weighted by Crippen LogP contribution is -2.41. The van der Waals surface area contributed by atoms with Crippen LogP contribution in [0.3, 0.4) is 0 Å². The minimum Gasteiger partial charge on any atom is -0.378 e. The van der Waals surface area contributed by atoms with Gasteiger partial charge in [-0.15, -0.1) is 0 Å². The monoisotopic (exact) mass is 423 g/mol. The molecule has 2 aromatic rings. The highest BCUT2D eigenvalue weighted by Crippen LogP contribution is 2.30. The molecule has 2 aliphatic heterocycles. The number of likely N-dealkylation sites (tertiary alicyclic amines) is 1. The van der Waals surface area contributed by atoms with E-state index in [4.69, 9.17) is 4.74 Å². The lowest BCUT2D eigenvalue weighted by atomic mass is 9.93. The summed E-state index contributed by atoms with van der Waals surface area (Å²) in [6.45, 7) is 1.74. The zero-order valence-electron chi connectivity index (χ0n) is 16.5. The van der Waals surface area contributed by atoms with Gasteiger partial charge in [0.05, 0.1) is 23.4 Å². The number of H-pyrrole nitrogens is 1. The fourth-order valence-corrected chi connectivity index (χ4v) is 4.29. The summed E-state index contributed by atoms with van der Waals surface area (Å²) in [5.41, 5.74) is -0.962. The minimum atomic E-state index is -4.58. The fraction of sp³-hybridized carbons (Fsp3) is 0.571. The topological polar surface area (TPSA) is 75.3 Å². The number of rotatable bonds is 3. The van der Waals surface area contributed by atoms with Gasteiger partial charge in [-0.05, 0) is 50.3 Å². The van der Waals surface area contributed by atoms with Crippen molar-refractivity contribution in [3.05, 3.63) is 39.9 Å². The van der Waals surface area contributed by atoms with Gasteiger partial charge in [-0.2, -0.15) is 13.2 Å². The van der Waals surface area contributed by atoms with Gasteiger partial charge in [-0.1, -0.05) is 0 Å². The van der Waals surface area contributed by atoms with E-state index in [2.05, 4.69) is 9.97 Å². The second kappa shape index (κ2) is 8.37. The van der Waals surface area contributed by atoms with Crippen LogP contribution in [0.4, 0.5) is 13.2 Å². The number of pyridine rings is 2. The summed E-state index contributed by atoms with van der Waals surface area (Å²) in [5.74, 6) is -0.129. The molecule has 2 fully saturated rings. The maximum atomic E-state index is 13.0. The van der Waals surface area contributed by atoms with Crippen LogP contribution in [0.1, 0.15) is 55.8 Å². The first-order valence-corrected chi connectivity index (χ1v) is 10.3. The van der Waals surface area contributed by atoms with Crippen LogP contribution in [0, 0.1) is 0 Å². The molecule has 2 saturated heterocycles. The first-order chi connectivity index (χ1) is 14.3. The van der Waals surface area contributed by atoms with Crippen molar-refractivity contribution in [1.82, 2.24) is 14.9 Å². The molecule has 0 aliphatic carbocycles. The van der Waals surface area contributed by atoms with Crippen molar-refractivity contribution in [1.29, 1.82) is 0 Å². The Labute approximate surface area is 171 Å². The van der Waals surface area contributed by atoms with Crippen molar-refractivity contribution in [2.75, 3.05) is 19.7 Å². The van der Waals surface area contributed by atoms with E-state index in [1.54, 1.807) is 4.90 Å². The molecule has 4 heterocycles. The van der Waals surface area contributed by atoms with Gasteiger partial charge in [-0.3, -0.25) is 9.59 Å². The maximum absolute atomic E-state index is 13.0. The molecule has 162 valence electrons. The van der Waals surface area contributed by atoms with Gasteiger partial charge >= 0.3 is 6.18 Å². The summed E-state index contributed by atoms with van der Waals surface area (Å²) < 4.78 is 44.7. The molecule has 0 bridgehead atoms. The van der Waals surface area contributed by atoms with Crippen LogP contribution < -0.4 is 5.56 Å². The van der Waals surface area contributed by atoms with Crippen molar-refractivity contribution >= 4 is 16.8 Å². The largest absolute Gasteiger partial charge is 0.433 e. The van der Waals surface area contributed by atoms with Crippen LogP contribution in [0.15, 0.2) is 23.0 Å². The number of nitrogens with zero attached hydrogens (tertiary/aromatic N) is 2. The lowest BCUT2D eigenvalue weighted by Gasteiger charge is -2.34. The molecule has 1 amide bonds. The van der Waals surface area contributed by atoms with Gasteiger partial charge in [0.2, 0.25) is 5.91 Å². The molecule has 9 heteroatoms. The molecule has 2 aromatic heterocycles. The van der Waals surface area contributed by atoms with Crippen molar-refractivity contribution in [3.63, 3.8) is 0 Å². The van der Waals surface area contributed by atoms with Crippen molar-refractivity contribution in [2.24, 2.45) is 0 Å². The number of hydrogen-bond acceptors (Lipinski definition) is 4. The van der Waals surface area contributed by atoms with Crippen molar-refractivity contribution in [3.8, 4) is 0 Å². The molecule has 4 rings (SSSR count). The SMILES string of the molecule is O=C(C[C@H]1CCCCO1)N1CCC[C@@H](c2cc3nc(C(F)(F)F)ccc3c(=O)[nH]2)C1. The Morgan fingerprint density at radius 2 is 2.07 bits per heavy atom. The van der Waals surface area contributed by atoms with Crippen LogP contribution in [0.25, 0.3) is 10.9 Å². The van der Waals surface area contributed by atoms with Crippen molar-refractivity contribution in [2.45, 2.75) is 56.7 Å². The fourth-order valence-electron chi connectivity index (χ4n) is 4.29. The van der Waals surface area contributed by atoms with E-state index >= 15 is 0 Å². The van der Waals surface area contributed by atoms with Gasteiger partial charge in [0, 0.05) is 31.3 Å². The number of carbonyl (C=O) groups excluding carboxylic acids is 1. The van der Waals surface area contributed by atoms with E-state index in [1.807, 2.05) is 0 Å². The Kier molecular flexibility index (Phi) is 5.81. The molecule has 1 N–H and O–H groups in total. The number of alkyl halides is 3. The minimum absolute atomic E-state index is 0.0163. The zero-order chi connectivity index (χ0) is 21.3. The Morgan fingerprint density at radius 3 is 2.80 bits per heavy atom. The highest BCUT2D eigenvalue weighted by molar-refractivity contribution is 5.78. The Hall–Kier alpha value is -2.42. The molecule has 0 unspecified atom stereocenters. The lowest BCUT2D eigenvalue weighted by molar-refractivity contribution is -0.141. The zero-order valence-corrected chi connectivity index (χ0v) is 16.5. The second-order valence-electron chi connectivity index (χ2n) is 8.05. The van der Waals surface area contributed by atoms with Gasteiger partial charge < -0.3 is 14.6 Å². The third-order valence-electron chi connectivity index (χ3n) is 5.90. The highest BCUT2D eigenvalue weighted by atomic mass is 19.4. The molecule has 2 aliphatic rings. The van der Waals surface area contributed by atoms with Crippen LogP contribution >= 0.6 is 0 Å². The predicted molar refractivity (Wildman–Crippen MR) is 104 cm³/mol. The smallest absolute Gasteiger partial charge is 0.378 e. The van der Waals surface area contributed by atoms with Gasteiger partial charge in [0.15, 0.2) is 0 Å². The third-order valence-corrected chi connectivity index (χ3v) is 5.90. The molecule has 6 nitrogen and oxygen atoms in total. The van der Waals surface area contributed by atoms with E-state index in [1.165, 1.54) is 6.07 Å². The van der Waals surface area contributed by atoms with E-state index in [9.17, 15) is 22.8 Å². The number of fused-ring (bicyclic) bond motifs is 1. The van der Waals surface area contributed by atoms with Gasteiger partial charge in [0.1, 0.15) is 5.69 Å². The van der Waals surface area contributed by atoms with E-state index in [0.717, 1.165) is 44.2 Å². The molecule has 0 radical (unpaired) electrons. The Balaban J connectivity index is 1.53. The third kappa shape index (κ3) is 4.50. The maximum Gasteiger partial charge on any atom is 0.433 e. The second-order valence-corrected chi connectivity index (χ2v) is 8.05. The number of aromatic amines is 1. The standard InChI is InChI=1S/C21H24F3N3O3/c22-21(23,24)18-7-6-15-17(25-18)11-16(26-20(15)29)13-4-3-8-27(12-13)19(28)10-14-5-1-2-9-30-14/h6-7,11,13-14H,1-5,8-10,12H2,(H,26,29)/t13-,14-/m1/s1. The molecule has 0 aromatic carbocycles. The Morgan fingerprint density at radius 1 is 1.23 bits per heavy atom. The first-order valence-electron chi connectivity index (χ1n) is 10.3. The van der Waals surface area contributed by atoms with E-state index in [-0.39, 0.29) is 28.8 Å². The van der Waals surface area contributed by atoms with Gasteiger partial charge in [-0.25, -0.2) is 4.98 Å². The number of carbonyl (C=O) groups is 1. The summed E-state index contributed by atoms with van der Waals surface area (Å²) in [5, 5.41) is 0.116. The summed E-state index contributed by atoms with van der Waals surface area (Å²) in [6.07, 6.45) is 0.193. The number of amides is 1. The van der Waals surface area contributed by atoms with E-state index in [0.29, 0.717) is 31.8 Å².